The molecule has 0 amide bonds. The number of rotatable bonds is 3. The summed E-state index contributed by atoms with van der Waals surface area (Å²) in [5.41, 5.74) is 1.85. The van der Waals surface area contributed by atoms with Crippen molar-refractivity contribution in [3.05, 3.63) is 48.3 Å². The van der Waals surface area contributed by atoms with Gasteiger partial charge in [-0.1, -0.05) is 0 Å². The molecule has 0 unspecified atom stereocenters. The third-order valence-electron chi connectivity index (χ3n) is 3.02. The van der Waals surface area contributed by atoms with Gasteiger partial charge in [0.15, 0.2) is 11.2 Å². The molecule has 0 bridgehead atoms. The summed E-state index contributed by atoms with van der Waals surface area (Å²) in [4.78, 5) is 8.29. The van der Waals surface area contributed by atoms with Crippen LogP contribution in [0.2, 0.25) is 0 Å². The Balaban J connectivity index is 1.92. The summed E-state index contributed by atoms with van der Waals surface area (Å²) in [5, 5.41) is 30.2. The summed E-state index contributed by atoms with van der Waals surface area (Å²) in [6.07, 6.45) is 2.87. The summed E-state index contributed by atoms with van der Waals surface area (Å²) in [5.74, 6) is 0.207. The molecule has 0 aliphatic carbocycles. The fourth-order valence-electron chi connectivity index (χ4n) is 1.93. The minimum atomic E-state index is -0.0707. The Bertz CT molecular complexity index is 943. The van der Waals surface area contributed by atoms with E-state index >= 15 is 0 Å². The molecular weight excluding hydrogens is 294 g/mol. The van der Waals surface area contributed by atoms with Crippen LogP contribution >= 0.6 is 0 Å². The van der Waals surface area contributed by atoms with E-state index in [4.69, 9.17) is 14.9 Å². The summed E-state index contributed by atoms with van der Waals surface area (Å²) < 4.78 is 5.56. The van der Waals surface area contributed by atoms with Crippen LogP contribution in [0.5, 0.6) is 5.75 Å². The number of pyridine rings is 1. The quantitative estimate of drug-likeness (QED) is 0.714. The Hall–Kier alpha value is -3.84. The predicted octanol–water partition coefficient (Wildman–Crippen LogP) is 2.94. The summed E-state index contributed by atoms with van der Waals surface area (Å²) in [6.45, 7) is 0. The molecule has 0 atom stereocenters. The van der Waals surface area contributed by atoms with Gasteiger partial charge in [-0.25, -0.2) is 4.98 Å². The molecule has 2 N–H and O–H groups in total. The molecule has 3 rings (SSSR count). The van der Waals surface area contributed by atoms with Gasteiger partial charge >= 0.3 is 0 Å². The maximum Gasteiger partial charge on any atom is 0.232 e. The molecule has 0 spiro atoms. The van der Waals surface area contributed by atoms with Crippen LogP contribution < -0.4 is 5.32 Å². The molecule has 2 aromatic heterocycles. The first-order valence-corrected chi connectivity index (χ1v) is 6.53. The molecule has 3 aromatic rings. The van der Waals surface area contributed by atoms with Crippen LogP contribution in [0.15, 0.2) is 52.7 Å². The number of phenolic OH excluding ortho intramolecular Hbond substituents is 1. The highest BCUT2D eigenvalue weighted by atomic mass is 16.4. The zero-order chi connectivity index (χ0) is 16.2. The number of aromatic nitrogens is 2. The second-order valence-electron chi connectivity index (χ2n) is 4.50. The minimum Gasteiger partial charge on any atom is -0.507 e. The molecule has 0 fully saturated rings. The average molecular weight is 303 g/mol. The van der Waals surface area contributed by atoms with E-state index in [0.717, 1.165) is 0 Å². The van der Waals surface area contributed by atoms with E-state index < -0.39 is 0 Å². The maximum absolute atomic E-state index is 10.1. The van der Waals surface area contributed by atoms with Gasteiger partial charge in [0.25, 0.3) is 0 Å². The van der Waals surface area contributed by atoms with Gasteiger partial charge in [0.1, 0.15) is 23.5 Å². The van der Waals surface area contributed by atoms with E-state index in [1.165, 1.54) is 12.3 Å². The topological polar surface area (TPSA) is 119 Å². The number of aromatic hydroxyl groups is 1. The zero-order valence-corrected chi connectivity index (χ0v) is 11.7. The normalized spacial score (nSPS) is 9.83. The zero-order valence-electron chi connectivity index (χ0n) is 11.7. The van der Waals surface area contributed by atoms with Gasteiger partial charge in [-0.15, -0.1) is 0 Å². The second kappa shape index (κ2) is 5.88. The van der Waals surface area contributed by atoms with Crippen LogP contribution in [0.25, 0.3) is 22.7 Å². The SMILES string of the molecule is N#CC(C#N)=CNc1ccc(-c2nc3ncccc3o2)c(O)c1. The van der Waals surface area contributed by atoms with Crippen LogP contribution in [0.3, 0.4) is 0 Å². The standard InChI is InChI=1S/C16H9N5O2/c17-7-10(8-18)9-20-11-3-4-12(13(22)6-11)16-21-15-14(23-16)2-1-5-19-15/h1-6,9,20,22H. The lowest BCUT2D eigenvalue weighted by Crippen LogP contribution is -1.90. The van der Waals surface area contributed by atoms with E-state index in [2.05, 4.69) is 15.3 Å². The fourth-order valence-corrected chi connectivity index (χ4v) is 1.93. The lowest BCUT2D eigenvalue weighted by atomic mass is 10.2. The maximum atomic E-state index is 10.1. The lowest BCUT2D eigenvalue weighted by molar-refractivity contribution is 0.474. The van der Waals surface area contributed by atoms with Crippen molar-refractivity contribution in [1.29, 1.82) is 10.5 Å². The number of fused-ring (bicyclic) bond motifs is 1. The van der Waals surface area contributed by atoms with Gasteiger partial charge in [0.2, 0.25) is 5.89 Å². The van der Waals surface area contributed by atoms with Crippen LogP contribution in [-0.2, 0) is 0 Å². The summed E-state index contributed by atoms with van der Waals surface area (Å²) in [6, 6.07) is 11.7. The third kappa shape index (κ3) is 2.80. The number of anilines is 1. The number of nitriles is 2. The van der Waals surface area contributed by atoms with Crippen molar-refractivity contribution in [1.82, 2.24) is 9.97 Å². The van der Waals surface area contributed by atoms with Crippen molar-refractivity contribution < 1.29 is 9.52 Å². The smallest absolute Gasteiger partial charge is 0.232 e. The molecule has 1 aromatic carbocycles. The highest BCUT2D eigenvalue weighted by Crippen LogP contribution is 2.32. The van der Waals surface area contributed by atoms with E-state index in [9.17, 15) is 5.11 Å². The van der Waals surface area contributed by atoms with Crippen molar-refractivity contribution in [2.75, 3.05) is 5.32 Å². The van der Waals surface area contributed by atoms with Gasteiger partial charge < -0.3 is 14.8 Å². The number of benzene rings is 1. The molecule has 0 saturated carbocycles. The molecule has 110 valence electrons. The summed E-state index contributed by atoms with van der Waals surface area (Å²) >= 11 is 0. The van der Waals surface area contributed by atoms with Gasteiger partial charge in [-0.2, -0.15) is 15.5 Å². The molecule has 0 radical (unpaired) electrons. The first-order chi connectivity index (χ1) is 11.2. The monoisotopic (exact) mass is 303 g/mol. The van der Waals surface area contributed by atoms with E-state index in [1.54, 1.807) is 42.6 Å². The number of oxazole rings is 1. The third-order valence-corrected chi connectivity index (χ3v) is 3.02. The van der Waals surface area contributed by atoms with Crippen LogP contribution in [0.4, 0.5) is 5.69 Å². The molecule has 23 heavy (non-hydrogen) atoms. The minimum absolute atomic E-state index is 0.0505. The largest absolute Gasteiger partial charge is 0.507 e. The Labute approximate surface area is 130 Å². The molecule has 0 saturated heterocycles. The predicted molar refractivity (Wildman–Crippen MR) is 81.8 cm³/mol. The summed E-state index contributed by atoms with van der Waals surface area (Å²) in [7, 11) is 0. The van der Waals surface area contributed by atoms with Crippen molar-refractivity contribution in [3.8, 4) is 29.3 Å². The van der Waals surface area contributed by atoms with Crippen molar-refractivity contribution in [2.24, 2.45) is 0 Å². The molecule has 0 aliphatic heterocycles. The number of nitrogens with zero attached hydrogens (tertiary/aromatic N) is 4. The van der Waals surface area contributed by atoms with E-state index in [0.29, 0.717) is 22.5 Å². The van der Waals surface area contributed by atoms with Crippen LogP contribution in [-0.4, -0.2) is 15.1 Å². The average Bonchev–Trinajstić information content (AvgIpc) is 2.99. The lowest BCUT2D eigenvalue weighted by Gasteiger charge is -2.04. The van der Waals surface area contributed by atoms with Gasteiger partial charge in [0.05, 0.1) is 5.56 Å². The highest BCUT2D eigenvalue weighted by Gasteiger charge is 2.13. The molecular formula is C16H9N5O2. The number of nitrogens with one attached hydrogen (secondary N) is 1. The second-order valence-corrected chi connectivity index (χ2v) is 4.50. The molecule has 2 heterocycles. The van der Waals surface area contributed by atoms with Crippen LogP contribution in [0.1, 0.15) is 0 Å². The highest BCUT2D eigenvalue weighted by molar-refractivity contribution is 5.75. The van der Waals surface area contributed by atoms with Gasteiger partial charge in [-0.3, -0.25) is 0 Å². The number of allylic oxidation sites excluding steroid dienone is 1. The Morgan fingerprint density at radius 3 is 2.78 bits per heavy atom. The van der Waals surface area contributed by atoms with Crippen molar-refractivity contribution >= 4 is 16.9 Å². The van der Waals surface area contributed by atoms with Gasteiger partial charge in [-0.05, 0) is 24.3 Å². The molecule has 0 aliphatic rings. The number of phenols is 1. The Morgan fingerprint density at radius 2 is 2.09 bits per heavy atom. The Morgan fingerprint density at radius 1 is 1.26 bits per heavy atom. The van der Waals surface area contributed by atoms with Crippen LogP contribution in [0, 0.1) is 22.7 Å². The molecule has 7 heteroatoms. The number of hydrogen-bond donors (Lipinski definition) is 2. The van der Waals surface area contributed by atoms with Gasteiger partial charge in [0, 0.05) is 24.2 Å². The molecule has 7 nitrogen and oxygen atoms in total. The Kier molecular flexibility index (Phi) is 3.61. The van der Waals surface area contributed by atoms with Crippen molar-refractivity contribution in [2.45, 2.75) is 0 Å². The first-order valence-electron chi connectivity index (χ1n) is 6.53. The fraction of sp³-hybridized carbons (Fsp3) is 0. The van der Waals surface area contributed by atoms with E-state index in [1.807, 2.05) is 0 Å². The van der Waals surface area contributed by atoms with Crippen molar-refractivity contribution in [3.63, 3.8) is 0 Å². The number of hydrogen-bond acceptors (Lipinski definition) is 7. The first kappa shape index (κ1) is 14.1. The van der Waals surface area contributed by atoms with E-state index in [-0.39, 0.29) is 17.2 Å².